The molecule has 2 aromatic carbocycles. The maximum Gasteiger partial charge on any atom is 0.128 e. The summed E-state index contributed by atoms with van der Waals surface area (Å²) in [5.74, 6) is 0. The lowest BCUT2D eigenvalue weighted by Crippen LogP contribution is -1.94. The highest BCUT2D eigenvalue weighted by atomic mass is 32.1. The van der Waals surface area contributed by atoms with Crippen LogP contribution in [0.3, 0.4) is 0 Å². The van der Waals surface area contributed by atoms with E-state index < -0.39 is 0 Å². The zero-order valence-corrected chi connectivity index (χ0v) is 12.5. The predicted octanol–water partition coefficient (Wildman–Crippen LogP) is 5.06. The average Bonchev–Trinajstić information content (AvgIpc) is 3.11. The van der Waals surface area contributed by atoms with Gasteiger partial charge in [0, 0.05) is 16.3 Å². The summed E-state index contributed by atoms with van der Waals surface area (Å²) in [6.45, 7) is 2.08. The molecule has 0 bridgehead atoms. The Bertz CT molecular complexity index is 852. The van der Waals surface area contributed by atoms with E-state index in [-0.39, 0.29) is 0 Å². The highest BCUT2D eigenvalue weighted by Crippen LogP contribution is 2.36. The summed E-state index contributed by atoms with van der Waals surface area (Å²) in [4.78, 5) is 1.21. The third kappa shape index (κ3) is 1.98. The molecule has 0 N–H and O–H groups in total. The molecule has 0 radical (unpaired) electrons. The Hall–Kier alpha value is -2.39. The van der Waals surface area contributed by atoms with Crippen molar-refractivity contribution in [2.24, 2.45) is 0 Å². The predicted molar refractivity (Wildman–Crippen MR) is 89.1 cm³/mol. The first-order chi connectivity index (χ1) is 10.3. The highest BCUT2D eigenvalue weighted by Gasteiger charge is 2.15. The van der Waals surface area contributed by atoms with Gasteiger partial charge in [0.1, 0.15) is 4.83 Å². The van der Waals surface area contributed by atoms with Gasteiger partial charge >= 0.3 is 0 Å². The maximum atomic E-state index is 4.73. The van der Waals surface area contributed by atoms with Crippen molar-refractivity contribution in [3.8, 4) is 16.8 Å². The lowest BCUT2D eigenvalue weighted by molar-refractivity contribution is 0.894. The number of thiophene rings is 1. The molecule has 0 amide bonds. The van der Waals surface area contributed by atoms with Crippen LogP contribution in [-0.2, 0) is 0 Å². The largest absolute Gasteiger partial charge is 0.223 e. The third-order valence-corrected chi connectivity index (χ3v) is 4.62. The number of rotatable bonds is 2. The van der Waals surface area contributed by atoms with Gasteiger partial charge in [0.25, 0.3) is 0 Å². The molecule has 4 aromatic rings. The molecular weight excluding hydrogens is 276 g/mol. The molecule has 0 unspecified atom stereocenters. The molecule has 0 aliphatic carbocycles. The minimum atomic E-state index is 1.08. The summed E-state index contributed by atoms with van der Waals surface area (Å²) in [5, 5.41) is 8.22. The molecule has 102 valence electrons. The average molecular weight is 290 g/mol. The van der Waals surface area contributed by atoms with Gasteiger partial charge in [0.05, 0.1) is 11.4 Å². The molecule has 0 atom stereocenters. The molecule has 21 heavy (non-hydrogen) atoms. The van der Waals surface area contributed by atoms with Gasteiger partial charge in [0.15, 0.2) is 0 Å². The van der Waals surface area contributed by atoms with E-state index in [1.807, 2.05) is 28.9 Å². The van der Waals surface area contributed by atoms with E-state index in [9.17, 15) is 0 Å². The minimum absolute atomic E-state index is 1.08. The molecular formula is C18H14N2S. The number of fused-ring (bicyclic) bond motifs is 1. The monoisotopic (exact) mass is 290 g/mol. The quantitative estimate of drug-likeness (QED) is 0.504. The second-order valence-corrected chi connectivity index (χ2v) is 5.89. The van der Waals surface area contributed by atoms with Crippen LogP contribution in [0.25, 0.3) is 27.0 Å². The smallest absolute Gasteiger partial charge is 0.128 e. The molecule has 3 heteroatoms. The van der Waals surface area contributed by atoms with E-state index in [0.717, 1.165) is 11.4 Å². The lowest BCUT2D eigenvalue weighted by Gasteiger charge is -2.00. The first kappa shape index (κ1) is 12.4. The summed E-state index contributed by atoms with van der Waals surface area (Å²) < 4.78 is 2.04. The molecule has 0 saturated carbocycles. The summed E-state index contributed by atoms with van der Waals surface area (Å²) in [7, 11) is 0. The van der Waals surface area contributed by atoms with E-state index in [4.69, 9.17) is 5.10 Å². The van der Waals surface area contributed by atoms with Gasteiger partial charge in [-0.1, -0.05) is 48.5 Å². The fourth-order valence-corrected chi connectivity index (χ4v) is 3.78. The molecule has 0 aliphatic rings. The Kier molecular flexibility index (Phi) is 2.86. The number of aryl methyl sites for hydroxylation is 1. The van der Waals surface area contributed by atoms with Crippen LogP contribution >= 0.6 is 11.3 Å². The summed E-state index contributed by atoms with van der Waals surface area (Å²) in [5.41, 5.74) is 4.71. The number of benzene rings is 2. The summed E-state index contributed by atoms with van der Waals surface area (Å²) in [6, 6.07) is 20.8. The van der Waals surface area contributed by atoms with E-state index >= 15 is 0 Å². The van der Waals surface area contributed by atoms with Crippen molar-refractivity contribution in [2.75, 3.05) is 0 Å². The van der Waals surface area contributed by atoms with Gasteiger partial charge < -0.3 is 0 Å². The number of hydrogen-bond acceptors (Lipinski definition) is 2. The standard InChI is InChI=1S/C18H14N2S/c1-13-17-16(14-8-4-2-5-9-14)12-21-18(17)20(19-13)15-10-6-3-7-11-15/h2-12H,1H3. The Morgan fingerprint density at radius 3 is 2.29 bits per heavy atom. The normalized spacial score (nSPS) is 11.1. The second kappa shape index (κ2) is 4.86. The molecule has 4 rings (SSSR count). The molecule has 0 fully saturated rings. The molecule has 0 aliphatic heterocycles. The van der Waals surface area contributed by atoms with Crippen LogP contribution in [0, 0.1) is 6.92 Å². The van der Waals surface area contributed by atoms with Gasteiger partial charge in [0.2, 0.25) is 0 Å². The van der Waals surface area contributed by atoms with Gasteiger partial charge in [-0.05, 0) is 24.6 Å². The molecule has 0 spiro atoms. The first-order valence-corrected chi connectivity index (χ1v) is 7.80. The van der Waals surface area contributed by atoms with Gasteiger partial charge in [-0.3, -0.25) is 0 Å². The van der Waals surface area contributed by atoms with E-state index in [1.165, 1.54) is 21.3 Å². The van der Waals surface area contributed by atoms with Crippen LogP contribution < -0.4 is 0 Å². The van der Waals surface area contributed by atoms with Crippen molar-refractivity contribution in [3.05, 3.63) is 71.7 Å². The van der Waals surface area contributed by atoms with Gasteiger partial charge in [-0.25, -0.2) is 4.68 Å². The van der Waals surface area contributed by atoms with Gasteiger partial charge in [-0.15, -0.1) is 11.3 Å². The minimum Gasteiger partial charge on any atom is -0.223 e. The van der Waals surface area contributed by atoms with Crippen LogP contribution in [0.5, 0.6) is 0 Å². The van der Waals surface area contributed by atoms with Crippen LogP contribution in [-0.4, -0.2) is 9.78 Å². The van der Waals surface area contributed by atoms with Crippen LogP contribution in [0.15, 0.2) is 66.0 Å². The van der Waals surface area contributed by atoms with Crippen molar-refractivity contribution in [3.63, 3.8) is 0 Å². The zero-order chi connectivity index (χ0) is 14.2. The third-order valence-electron chi connectivity index (χ3n) is 3.66. The van der Waals surface area contributed by atoms with Crippen LogP contribution in [0.4, 0.5) is 0 Å². The summed E-state index contributed by atoms with van der Waals surface area (Å²) >= 11 is 1.75. The maximum absolute atomic E-state index is 4.73. The van der Waals surface area contributed by atoms with Crippen molar-refractivity contribution >= 4 is 21.6 Å². The second-order valence-electron chi connectivity index (χ2n) is 5.03. The highest BCUT2D eigenvalue weighted by molar-refractivity contribution is 7.17. The Labute approximate surface area is 127 Å². The SMILES string of the molecule is Cc1nn(-c2ccccc2)c2scc(-c3ccccc3)c12. The van der Waals surface area contributed by atoms with Crippen LogP contribution in [0.1, 0.15) is 5.69 Å². The van der Waals surface area contributed by atoms with Crippen LogP contribution in [0.2, 0.25) is 0 Å². The number of hydrogen-bond donors (Lipinski definition) is 0. The molecule has 2 nitrogen and oxygen atoms in total. The fourth-order valence-electron chi connectivity index (χ4n) is 2.67. The Morgan fingerprint density at radius 1 is 0.905 bits per heavy atom. The number of para-hydroxylation sites is 1. The van der Waals surface area contributed by atoms with E-state index in [2.05, 4.69) is 48.7 Å². The molecule has 2 aromatic heterocycles. The zero-order valence-electron chi connectivity index (χ0n) is 11.7. The lowest BCUT2D eigenvalue weighted by atomic mass is 10.1. The van der Waals surface area contributed by atoms with Crippen molar-refractivity contribution in [1.82, 2.24) is 9.78 Å². The van der Waals surface area contributed by atoms with Crippen molar-refractivity contribution < 1.29 is 0 Å². The Morgan fingerprint density at radius 2 is 1.57 bits per heavy atom. The van der Waals surface area contributed by atoms with E-state index in [1.54, 1.807) is 11.3 Å². The van der Waals surface area contributed by atoms with Gasteiger partial charge in [-0.2, -0.15) is 5.10 Å². The molecule has 2 heterocycles. The number of aromatic nitrogens is 2. The first-order valence-electron chi connectivity index (χ1n) is 6.92. The van der Waals surface area contributed by atoms with E-state index in [0.29, 0.717) is 0 Å². The fraction of sp³-hybridized carbons (Fsp3) is 0.0556. The molecule has 0 saturated heterocycles. The topological polar surface area (TPSA) is 17.8 Å². The summed E-state index contributed by atoms with van der Waals surface area (Å²) in [6.07, 6.45) is 0. The Balaban J connectivity index is 1.97. The van der Waals surface area contributed by atoms with Crippen molar-refractivity contribution in [1.29, 1.82) is 0 Å². The van der Waals surface area contributed by atoms with Crippen molar-refractivity contribution in [2.45, 2.75) is 6.92 Å². The number of nitrogens with zero attached hydrogens (tertiary/aromatic N) is 2.